The van der Waals surface area contributed by atoms with Crippen molar-refractivity contribution in [3.8, 4) is 0 Å². The van der Waals surface area contributed by atoms with Gasteiger partial charge < -0.3 is 9.84 Å². The zero-order valence-corrected chi connectivity index (χ0v) is 10.0. The molecule has 0 bridgehead atoms. The van der Waals surface area contributed by atoms with Gasteiger partial charge in [0.1, 0.15) is 0 Å². The van der Waals surface area contributed by atoms with Crippen LogP contribution in [0.3, 0.4) is 0 Å². The van der Waals surface area contributed by atoms with Crippen molar-refractivity contribution in [1.82, 2.24) is 0 Å². The van der Waals surface area contributed by atoms with Crippen LogP contribution in [-0.2, 0) is 4.74 Å². The molecule has 88 valence electrons. The van der Waals surface area contributed by atoms with E-state index in [1.54, 1.807) is 0 Å². The van der Waals surface area contributed by atoms with E-state index in [9.17, 15) is 5.11 Å². The molecule has 1 heterocycles. The van der Waals surface area contributed by atoms with Crippen molar-refractivity contribution in [1.29, 1.82) is 0 Å². The van der Waals surface area contributed by atoms with Crippen LogP contribution >= 0.6 is 0 Å². The predicted molar refractivity (Wildman–Crippen MR) is 60.7 cm³/mol. The van der Waals surface area contributed by atoms with E-state index in [2.05, 4.69) is 13.8 Å². The Labute approximate surface area is 93.0 Å². The summed E-state index contributed by atoms with van der Waals surface area (Å²) in [5.41, 5.74) is 0.201. The van der Waals surface area contributed by atoms with Crippen LogP contribution in [0.1, 0.15) is 46.0 Å². The van der Waals surface area contributed by atoms with Crippen molar-refractivity contribution in [3.05, 3.63) is 0 Å². The van der Waals surface area contributed by atoms with E-state index in [-0.39, 0.29) is 5.41 Å². The van der Waals surface area contributed by atoms with E-state index in [1.807, 2.05) is 0 Å². The Hall–Kier alpha value is -0.0800. The maximum absolute atomic E-state index is 9.59. The van der Waals surface area contributed by atoms with Gasteiger partial charge in [-0.2, -0.15) is 0 Å². The van der Waals surface area contributed by atoms with Crippen molar-refractivity contribution >= 4 is 0 Å². The number of epoxide rings is 1. The lowest BCUT2D eigenvalue weighted by molar-refractivity contribution is 0.0404. The van der Waals surface area contributed by atoms with E-state index in [1.165, 1.54) is 25.7 Å². The van der Waals surface area contributed by atoms with Gasteiger partial charge in [0.2, 0.25) is 0 Å². The first-order valence-corrected chi connectivity index (χ1v) is 6.38. The first-order chi connectivity index (χ1) is 7.15. The van der Waals surface area contributed by atoms with Gasteiger partial charge >= 0.3 is 0 Å². The quantitative estimate of drug-likeness (QED) is 0.727. The Morgan fingerprint density at radius 3 is 2.33 bits per heavy atom. The van der Waals surface area contributed by atoms with Gasteiger partial charge in [0.15, 0.2) is 0 Å². The maximum Gasteiger partial charge on any atom is 0.0816 e. The molecule has 0 spiro atoms. The Balaban J connectivity index is 1.87. The lowest BCUT2D eigenvalue weighted by Gasteiger charge is -2.40. The van der Waals surface area contributed by atoms with E-state index in [0.717, 1.165) is 24.9 Å². The second-order valence-corrected chi connectivity index (χ2v) is 5.90. The second kappa shape index (κ2) is 4.42. The summed E-state index contributed by atoms with van der Waals surface area (Å²) in [7, 11) is 0. The van der Waals surface area contributed by atoms with Crippen molar-refractivity contribution in [2.24, 2.45) is 17.3 Å². The standard InChI is InChI=1S/C13H24O2/c1-10(2)11-3-5-13(9-14,6-4-11)7-12-8-15-12/h10-12,14H,3-9H2,1-2H3. The van der Waals surface area contributed by atoms with Crippen LogP contribution in [0.4, 0.5) is 0 Å². The minimum absolute atomic E-state index is 0.201. The Morgan fingerprint density at radius 2 is 1.93 bits per heavy atom. The summed E-state index contributed by atoms with van der Waals surface area (Å²) in [5, 5.41) is 9.59. The number of rotatable bonds is 4. The van der Waals surface area contributed by atoms with Crippen LogP contribution in [0.2, 0.25) is 0 Å². The smallest absolute Gasteiger partial charge is 0.0816 e. The topological polar surface area (TPSA) is 32.8 Å². The van der Waals surface area contributed by atoms with Gasteiger partial charge in [-0.15, -0.1) is 0 Å². The number of aliphatic hydroxyl groups is 1. The molecule has 1 unspecified atom stereocenters. The van der Waals surface area contributed by atoms with Crippen LogP contribution < -0.4 is 0 Å². The van der Waals surface area contributed by atoms with Crippen molar-refractivity contribution in [2.75, 3.05) is 13.2 Å². The van der Waals surface area contributed by atoms with Crippen LogP contribution in [0.25, 0.3) is 0 Å². The molecule has 2 nitrogen and oxygen atoms in total. The molecule has 1 saturated carbocycles. The van der Waals surface area contributed by atoms with Crippen LogP contribution in [0.5, 0.6) is 0 Å². The lowest BCUT2D eigenvalue weighted by Crippen LogP contribution is -2.33. The number of hydrogen-bond donors (Lipinski definition) is 1. The normalized spacial score (nSPS) is 40.8. The summed E-state index contributed by atoms with van der Waals surface area (Å²) in [6, 6.07) is 0. The van der Waals surface area contributed by atoms with Gasteiger partial charge in [0, 0.05) is 6.61 Å². The summed E-state index contributed by atoms with van der Waals surface area (Å²) in [5.74, 6) is 1.68. The molecule has 2 fully saturated rings. The number of hydrogen-bond acceptors (Lipinski definition) is 2. The summed E-state index contributed by atoms with van der Waals surface area (Å²) >= 11 is 0. The van der Waals surface area contributed by atoms with Gasteiger partial charge in [-0.05, 0) is 49.4 Å². The molecule has 2 heteroatoms. The molecule has 1 aliphatic carbocycles. The fraction of sp³-hybridized carbons (Fsp3) is 1.00. The Kier molecular flexibility index (Phi) is 3.36. The van der Waals surface area contributed by atoms with Gasteiger partial charge in [-0.3, -0.25) is 0 Å². The van der Waals surface area contributed by atoms with Gasteiger partial charge in [-0.25, -0.2) is 0 Å². The molecule has 1 aliphatic heterocycles. The SMILES string of the molecule is CC(C)C1CCC(CO)(CC2CO2)CC1. The molecule has 1 saturated heterocycles. The highest BCUT2D eigenvalue weighted by atomic mass is 16.6. The minimum Gasteiger partial charge on any atom is -0.396 e. The number of ether oxygens (including phenoxy) is 1. The highest BCUT2D eigenvalue weighted by Crippen LogP contribution is 2.45. The maximum atomic E-state index is 9.59. The van der Waals surface area contributed by atoms with Gasteiger partial charge in [-0.1, -0.05) is 13.8 Å². The lowest BCUT2D eigenvalue weighted by atomic mass is 9.66. The zero-order chi connectivity index (χ0) is 10.9. The van der Waals surface area contributed by atoms with Crippen molar-refractivity contribution in [3.63, 3.8) is 0 Å². The molecule has 1 N–H and O–H groups in total. The van der Waals surface area contributed by atoms with Crippen LogP contribution in [0.15, 0.2) is 0 Å². The monoisotopic (exact) mass is 212 g/mol. The third-order valence-electron chi connectivity index (χ3n) is 4.43. The fourth-order valence-corrected chi connectivity index (χ4v) is 3.01. The molecule has 2 rings (SSSR count). The molecule has 2 aliphatic rings. The van der Waals surface area contributed by atoms with Crippen molar-refractivity contribution < 1.29 is 9.84 Å². The molecule has 1 atom stereocenters. The van der Waals surface area contributed by atoms with E-state index >= 15 is 0 Å². The molecule has 0 aromatic carbocycles. The molecule has 0 radical (unpaired) electrons. The minimum atomic E-state index is 0.201. The molecule has 0 amide bonds. The highest BCUT2D eigenvalue weighted by Gasteiger charge is 2.40. The first kappa shape index (κ1) is 11.4. The van der Waals surface area contributed by atoms with Crippen molar-refractivity contribution in [2.45, 2.75) is 52.1 Å². The summed E-state index contributed by atoms with van der Waals surface area (Å²) in [6.45, 7) is 5.92. The number of aliphatic hydroxyl groups excluding tert-OH is 1. The summed E-state index contributed by atoms with van der Waals surface area (Å²) in [6.07, 6.45) is 6.55. The third-order valence-corrected chi connectivity index (χ3v) is 4.43. The zero-order valence-electron chi connectivity index (χ0n) is 10.0. The van der Waals surface area contributed by atoms with E-state index < -0.39 is 0 Å². The molecule has 15 heavy (non-hydrogen) atoms. The fourth-order valence-electron chi connectivity index (χ4n) is 3.01. The predicted octanol–water partition coefficient (Wildman–Crippen LogP) is 2.60. The van der Waals surface area contributed by atoms with Gasteiger partial charge in [0.25, 0.3) is 0 Å². The first-order valence-electron chi connectivity index (χ1n) is 6.38. The Bertz CT molecular complexity index is 201. The largest absolute Gasteiger partial charge is 0.396 e. The molecule has 0 aromatic rings. The molecule has 0 aromatic heterocycles. The third kappa shape index (κ3) is 2.73. The van der Waals surface area contributed by atoms with E-state index in [0.29, 0.717) is 12.7 Å². The molecular formula is C13H24O2. The van der Waals surface area contributed by atoms with Crippen LogP contribution in [0, 0.1) is 17.3 Å². The second-order valence-electron chi connectivity index (χ2n) is 5.90. The van der Waals surface area contributed by atoms with E-state index in [4.69, 9.17) is 4.74 Å². The summed E-state index contributed by atoms with van der Waals surface area (Å²) in [4.78, 5) is 0. The van der Waals surface area contributed by atoms with Crippen LogP contribution in [-0.4, -0.2) is 24.4 Å². The Morgan fingerprint density at radius 1 is 1.33 bits per heavy atom. The average Bonchev–Trinajstić information content (AvgIpc) is 3.02. The average molecular weight is 212 g/mol. The molecular weight excluding hydrogens is 188 g/mol. The summed E-state index contributed by atoms with van der Waals surface area (Å²) < 4.78 is 5.30. The highest BCUT2D eigenvalue weighted by molar-refractivity contribution is 4.90. The van der Waals surface area contributed by atoms with Gasteiger partial charge in [0.05, 0.1) is 12.7 Å².